The molecule has 1 aromatic rings. The Morgan fingerprint density at radius 1 is 1.17 bits per heavy atom. The number of rotatable bonds is 9. The summed E-state index contributed by atoms with van der Waals surface area (Å²) in [6.45, 7) is 9.26. The lowest BCUT2D eigenvalue weighted by molar-refractivity contribution is 0.0522. The van der Waals surface area contributed by atoms with E-state index in [1.807, 2.05) is 46.0 Å². The fraction of sp³-hybridized carbons (Fsp3) is 0.611. The lowest BCUT2D eigenvalue weighted by atomic mass is 10.2. The summed E-state index contributed by atoms with van der Waals surface area (Å²) >= 11 is 0. The maximum absolute atomic E-state index is 11.5. The van der Waals surface area contributed by atoms with Crippen LogP contribution < -0.4 is 5.32 Å². The molecule has 0 saturated carbocycles. The minimum atomic E-state index is -0.452. The fourth-order valence-corrected chi connectivity index (χ4v) is 1.98. The standard InChI is InChI=1S/C18H30N2O3/c1-18(2,3)23-17(21)19-11-13-20(4)12-8-14-22-15-16-9-6-5-7-10-16/h5-7,9-10H,8,11-15H2,1-4H3,(H,19,21). The van der Waals surface area contributed by atoms with Gasteiger partial charge < -0.3 is 19.7 Å². The van der Waals surface area contributed by atoms with Crippen LogP contribution in [-0.2, 0) is 16.1 Å². The van der Waals surface area contributed by atoms with E-state index in [-0.39, 0.29) is 6.09 Å². The van der Waals surface area contributed by atoms with Gasteiger partial charge in [0, 0.05) is 26.2 Å². The highest BCUT2D eigenvalue weighted by atomic mass is 16.6. The molecule has 1 N–H and O–H groups in total. The normalized spacial score (nSPS) is 11.5. The van der Waals surface area contributed by atoms with Gasteiger partial charge >= 0.3 is 6.09 Å². The first-order valence-corrected chi connectivity index (χ1v) is 8.14. The Morgan fingerprint density at radius 3 is 2.52 bits per heavy atom. The Hall–Kier alpha value is -1.59. The number of hydrogen-bond acceptors (Lipinski definition) is 4. The predicted octanol–water partition coefficient (Wildman–Crippen LogP) is 3.05. The van der Waals surface area contributed by atoms with Gasteiger partial charge in [-0.1, -0.05) is 30.3 Å². The van der Waals surface area contributed by atoms with Crippen molar-refractivity contribution in [1.82, 2.24) is 10.2 Å². The molecule has 0 saturated heterocycles. The molecule has 0 bridgehead atoms. The molecule has 0 aliphatic heterocycles. The minimum Gasteiger partial charge on any atom is -0.444 e. The van der Waals surface area contributed by atoms with E-state index in [0.717, 1.165) is 26.1 Å². The van der Waals surface area contributed by atoms with Crippen molar-refractivity contribution in [1.29, 1.82) is 0 Å². The number of hydrogen-bond donors (Lipinski definition) is 1. The van der Waals surface area contributed by atoms with Crippen LogP contribution in [0, 0.1) is 0 Å². The van der Waals surface area contributed by atoms with Crippen molar-refractivity contribution < 1.29 is 14.3 Å². The van der Waals surface area contributed by atoms with Crippen LogP contribution in [0.2, 0.25) is 0 Å². The Morgan fingerprint density at radius 2 is 1.87 bits per heavy atom. The molecule has 0 aliphatic carbocycles. The number of ether oxygens (including phenoxy) is 2. The zero-order chi connectivity index (χ0) is 17.1. The van der Waals surface area contributed by atoms with Crippen LogP contribution in [0.15, 0.2) is 30.3 Å². The maximum atomic E-state index is 11.5. The van der Waals surface area contributed by atoms with Gasteiger partial charge in [-0.2, -0.15) is 0 Å². The number of nitrogens with zero attached hydrogens (tertiary/aromatic N) is 1. The molecule has 0 fully saturated rings. The summed E-state index contributed by atoms with van der Waals surface area (Å²) in [5.74, 6) is 0. The van der Waals surface area contributed by atoms with E-state index >= 15 is 0 Å². The van der Waals surface area contributed by atoms with Gasteiger partial charge in [-0.15, -0.1) is 0 Å². The van der Waals surface area contributed by atoms with Gasteiger partial charge in [-0.25, -0.2) is 4.79 Å². The first kappa shape index (κ1) is 19.5. The molecule has 0 aromatic heterocycles. The highest BCUT2D eigenvalue weighted by Gasteiger charge is 2.15. The van der Waals surface area contributed by atoms with E-state index < -0.39 is 5.60 Å². The molecule has 0 spiro atoms. The lowest BCUT2D eigenvalue weighted by Crippen LogP contribution is -2.37. The number of carbonyl (C=O) groups is 1. The largest absolute Gasteiger partial charge is 0.444 e. The maximum Gasteiger partial charge on any atom is 0.407 e. The third-order valence-electron chi connectivity index (χ3n) is 3.10. The summed E-state index contributed by atoms with van der Waals surface area (Å²) in [6.07, 6.45) is 0.604. The second-order valence-corrected chi connectivity index (χ2v) is 6.62. The Kier molecular flexibility index (Phi) is 8.66. The quantitative estimate of drug-likeness (QED) is 0.710. The van der Waals surface area contributed by atoms with Crippen LogP contribution in [0.3, 0.4) is 0 Å². The molecule has 1 rings (SSSR count). The van der Waals surface area contributed by atoms with Crippen LogP contribution in [0.5, 0.6) is 0 Å². The van der Waals surface area contributed by atoms with E-state index in [0.29, 0.717) is 13.2 Å². The molecule has 0 unspecified atom stereocenters. The minimum absolute atomic E-state index is 0.364. The van der Waals surface area contributed by atoms with Crippen molar-refractivity contribution in [3.05, 3.63) is 35.9 Å². The number of benzene rings is 1. The topological polar surface area (TPSA) is 50.8 Å². The van der Waals surface area contributed by atoms with E-state index in [1.165, 1.54) is 5.56 Å². The van der Waals surface area contributed by atoms with Crippen LogP contribution in [0.1, 0.15) is 32.8 Å². The van der Waals surface area contributed by atoms with Crippen molar-refractivity contribution in [2.45, 2.75) is 39.4 Å². The number of alkyl carbamates (subject to hydrolysis) is 1. The SMILES string of the molecule is CN(CCCOCc1ccccc1)CCNC(=O)OC(C)(C)C. The summed E-state index contributed by atoms with van der Waals surface area (Å²) in [7, 11) is 2.04. The van der Waals surface area contributed by atoms with Crippen LogP contribution in [-0.4, -0.2) is 49.9 Å². The number of nitrogens with one attached hydrogen (secondary N) is 1. The van der Waals surface area contributed by atoms with E-state index in [4.69, 9.17) is 9.47 Å². The van der Waals surface area contributed by atoms with Gasteiger partial charge in [0.1, 0.15) is 5.60 Å². The molecular formula is C18H30N2O3. The summed E-state index contributed by atoms with van der Waals surface area (Å²) in [5.41, 5.74) is 0.744. The number of amides is 1. The first-order chi connectivity index (χ1) is 10.9. The van der Waals surface area contributed by atoms with E-state index in [1.54, 1.807) is 0 Å². The molecule has 0 heterocycles. The van der Waals surface area contributed by atoms with Gasteiger partial charge in [-0.05, 0) is 39.8 Å². The molecule has 5 heteroatoms. The Labute approximate surface area is 140 Å². The van der Waals surface area contributed by atoms with Crippen LogP contribution in [0.4, 0.5) is 4.79 Å². The molecular weight excluding hydrogens is 292 g/mol. The first-order valence-electron chi connectivity index (χ1n) is 8.14. The molecule has 1 amide bonds. The molecule has 5 nitrogen and oxygen atoms in total. The fourth-order valence-electron chi connectivity index (χ4n) is 1.98. The molecule has 1 aromatic carbocycles. The van der Waals surface area contributed by atoms with E-state index in [9.17, 15) is 4.79 Å². The van der Waals surface area contributed by atoms with Crippen molar-refractivity contribution >= 4 is 6.09 Å². The second kappa shape index (κ2) is 10.2. The monoisotopic (exact) mass is 322 g/mol. The van der Waals surface area contributed by atoms with Gasteiger partial charge in [0.15, 0.2) is 0 Å². The smallest absolute Gasteiger partial charge is 0.407 e. The third-order valence-corrected chi connectivity index (χ3v) is 3.10. The molecule has 130 valence electrons. The van der Waals surface area contributed by atoms with Gasteiger partial charge in [0.25, 0.3) is 0 Å². The molecule has 0 radical (unpaired) electrons. The van der Waals surface area contributed by atoms with Gasteiger partial charge in [-0.3, -0.25) is 0 Å². The average molecular weight is 322 g/mol. The molecule has 23 heavy (non-hydrogen) atoms. The summed E-state index contributed by atoms with van der Waals surface area (Å²) in [4.78, 5) is 13.7. The van der Waals surface area contributed by atoms with Gasteiger partial charge in [0.05, 0.1) is 6.61 Å². The highest BCUT2D eigenvalue weighted by molar-refractivity contribution is 5.67. The third kappa shape index (κ3) is 10.7. The van der Waals surface area contributed by atoms with Crippen molar-refractivity contribution in [3.8, 4) is 0 Å². The summed E-state index contributed by atoms with van der Waals surface area (Å²) < 4.78 is 10.8. The number of carbonyl (C=O) groups excluding carboxylic acids is 1. The zero-order valence-corrected chi connectivity index (χ0v) is 14.8. The van der Waals surface area contributed by atoms with Crippen LogP contribution in [0.25, 0.3) is 0 Å². The Balaban J connectivity index is 2.00. The summed E-state index contributed by atoms with van der Waals surface area (Å²) in [5, 5.41) is 2.76. The average Bonchev–Trinajstić information content (AvgIpc) is 2.46. The highest BCUT2D eigenvalue weighted by Crippen LogP contribution is 2.06. The van der Waals surface area contributed by atoms with Gasteiger partial charge in [0.2, 0.25) is 0 Å². The Bertz CT molecular complexity index is 443. The van der Waals surface area contributed by atoms with E-state index in [2.05, 4.69) is 22.3 Å². The second-order valence-electron chi connectivity index (χ2n) is 6.62. The molecule has 0 aliphatic rings. The summed E-state index contributed by atoms with van der Waals surface area (Å²) in [6, 6.07) is 10.2. The molecule has 0 atom stereocenters. The predicted molar refractivity (Wildman–Crippen MR) is 92.4 cm³/mol. The van der Waals surface area contributed by atoms with Crippen molar-refractivity contribution in [2.24, 2.45) is 0 Å². The zero-order valence-electron chi connectivity index (χ0n) is 14.8. The number of likely N-dealkylation sites (N-methyl/N-ethyl adjacent to an activating group) is 1. The van der Waals surface area contributed by atoms with Crippen molar-refractivity contribution in [3.63, 3.8) is 0 Å². The van der Waals surface area contributed by atoms with Crippen molar-refractivity contribution in [2.75, 3.05) is 33.3 Å². The van der Waals surface area contributed by atoms with Crippen LogP contribution >= 0.6 is 0 Å². The lowest BCUT2D eigenvalue weighted by Gasteiger charge is -2.21.